The molecule has 0 radical (unpaired) electrons. The summed E-state index contributed by atoms with van der Waals surface area (Å²) in [5, 5.41) is 38.3. The molecule has 4 N–H and O–H groups in total. The van der Waals surface area contributed by atoms with Gasteiger partial charge in [-0.05, 0) is 36.6 Å². The van der Waals surface area contributed by atoms with Gasteiger partial charge >= 0.3 is 0 Å². The van der Waals surface area contributed by atoms with Gasteiger partial charge in [-0.1, -0.05) is 18.2 Å². The molecule has 0 spiro atoms. The van der Waals surface area contributed by atoms with Crippen LogP contribution in [-0.4, -0.2) is 39.4 Å². The van der Waals surface area contributed by atoms with Crippen LogP contribution in [0.5, 0.6) is 11.5 Å². The number of carbonyl (C=O) groups is 1. The first kappa shape index (κ1) is 16.0. The standard InChI is InChI=1S/C17H18O5/c18-9-7-11-5-6-14(16(21)12(11)8-10-19)17(22)13-3-1-2-4-15(13)20/h1-6,18-21H,7-10H2. The largest absolute Gasteiger partial charge is 0.507 e. The van der Waals surface area contributed by atoms with Crippen LogP contribution in [0, 0.1) is 0 Å². The fraction of sp³-hybridized carbons (Fsp3) is 0.235. The molecule has 5 heteroatoms. The van der Waals surface area contributed by atoms with Crippen molar-refractivity contribution in [2.45, 2.75) is 12.8 Å². The van der Waals surface area contributed by atoms with E-state index in [4.69, 9.17) is 10.2 Å². The molecule has 0 aliphatic heterocycles. The lowest BCUT2D eigenvalue weighted by molar-refractivity contribution is 0.103. The summed E-state index contributed by atoms with van der Waals surface area (Å²) in [6, 6.07) is 9.22. The van der Waals surface area contributed by atoms with Crippen molar-refractivity contribution < 1.29 is 25.2 Å². The van der Waals surface area contributed by atoms with Gasteiger partial charge < -0.3 is 20.4 Å². The number of phenols is 2. The third kappa shape index (κ3) is 3.10. The first-order chi connectivity index (χ1) is 10.6. The third-order valence-electron chi connectivity index (χ3n) is 3.52. The van der Waals surface area contributed by atoms with E-state index in [1.54, 1.807) is 18.2 Å². The zero-order chi connectivity index (χ0) is 16.1. The van der Waals surface area contributed by atoms with Gasteiger partial charge in [0.1, 0.15) is 11.5 Å². The molecular weight excluding hydrogens is 284 g/mol. The Bertz CT molecular complexity index is 679. The van der Waals surface area contributed by atoms with Crippen molar-refractivity contribution in [1.29, 1.82) is 0 Å². The fourth-order valence-electron chi connectivity index (χ4n) is 2.42. The molecule has 0 atom stereocenters. The molecule has 0 aliphatic carbocycles. The molecule has 0 saturated heterocycles. The Morgan fingerprint density at radius 3 is 2.18 bits per heavy atom. The second-order valence-corrected chi connectivity index (χ2v) is 4.89. The molecule has 0 amide bonds. The molecule has 2 aromatic rings. The summed E-state index contributed by atoms with van der Waals surface area (Å²) in [7, 11) is 0. The summed E-state index contributed by atoms with van der Waals surface area (Å²) in [5.41, 5.74) is 1.29. The van der Waals surface area contributed by atoms with Crippen LogP contribution in [0.15, 0.2) is 36.4 Å². The highest BCUT2D eigenvalue weighted by Crippen LogP contribution is 2.30. The minimum absolute atomic E-state index is 0.0617. The normalized spacial score (nSPS) is 10.6. The van der Waals surface area contributed by atoms with Crippen molar-refractivity contribution >= 4 is 5.78 Å². The Morgan fingerprint density at radius 2 is 1.55 bits per heavy atom. The minimum Gasteiger partial charge on any atom is -0.507 e. The van der Waals surface area contributed by atoms with Crippen LogP contribution in [-0.2, 0) is 12.8 Å². The van der Waals surface area contributed by atoms with Crippen LogP contribution >= 0.6 is 0 Å². The molecule has 0 bridgehead atoms. The molecule has 0 saturated carbocycles. The predicted octanol–water partition coefficient (Wildman–Crippen LogP) is 1.40. The highest BCUT2D eigenvalue weighted by molar-refractivity contribution is 6.12. The number of aliphatic hydroxyl groups excluding tert-OH is 2. The average molecular weight is 302 g/mol. The van der Waals surface area contributed by atoms with E-state index in [9.17, 15) is 15.0 Å². The quantitative estimate of drug-likeness (QED) is 0.605. The number of ketones is 1. The van der Waals surface area contributed by atoms with E-state index < -0.39 is 5.78 Å². The lowest BCUT2D eigenvalue weighted by Gasteiger charge is -2.14. The Labute approximate surface area is 128 Å². The number of aliphatic hydroxyl groups is 2. The second-order valence-electron chi connectivity index (χ2n) is 4.89. The van der Waals surface area contributed by atoms with Gasteiger partial charge in [0.05, 0.1) is 11.1 Å². The van der Waals surface area contributed by atoms with E-state index in [-0.39, 0.29) is 42.3 Å². The van der Waals surface area contributed by atoms with Crippen LogP contribution in [0.1, 0.15) is 27.0 Å². The number of aromatic hydroxyl groups is 2. The average Bonchev–Trinajstić information content (AvgIpc) is 2.51. The molecule has 5 nitrogen and oxygen atoms in total. The van der Waals surface area contributed by atoms with Crippen LogP contribution in [0.2, 0.25) is 0 Å². The third-order valence-corrected chi connectivity index (χ3v) is 3.52. The highest BCUT2D eigenvalue weighted by atomic mass is 16.3. The van der Waals surface area contributed by atoms with E-state index in [2.05, 4.69) is 0 Å². The first-order valence-corrected chi connectivity index (χ1v) is 6.98. The molecule has 0 aliphatic rings. The van der Waals surface area contributed by atoms with Crippen LogP contribution in [0.3, 0.4) is 0 Å². The molecule has 2 aromatic carbocycles. The molecule has 116 valence electrons. The van der Waals surface area contributed by atoms with E-state index in [0.29, 0.717) is 17.5 Å². The van der Waals surface area contributed by atoms with E-state index in [1.807, 2.05) is 0 Å². The van der Waals surface area contributed by atoms with Crippen molar-refractivity contribution in [1.82, 2.24) is 0 Å². The minimum atomic E-state index is -0.495. The zero-order valence-electron chi connectivity index (χ0n) is 12.0. The SMILES string of the molecule is O=C(c1ccccc1O)c1ccc(CCO)c(CCO)c1O. The molecule has 2 rings (SSSR count). The summed E-state index contributed by atoms with van der Waals surface area (Å²) < 4.78 is 0. The van der Waals surface area contributed by atoms with E-state index in [1.165, 1.54) is 18.2 Å². The monoisotopic (exact) mass is 302 g/mol. The van der Waals surface area contributed by atoms with Gasteiger partial charge in [-0.25, -0.2) is 0 Å². The van der Waals surface area contributed by atoms with E-state index in [0.717, 1.165) is 0 Å². The van der Waals surface area contributed by atoms with Crippen molar-refractivity contribution in [3.63, 3.8) is 0 Å². The molecule has 0 unspecified atom stereocenters. The second kappa shape index (κ2) is 7.06. The van der Waals surface area contributed by atoms with Crippen LogP contribution in [0.4, 0.5) is 0 Å². The maximum Gasteiger partial charge on any atom is 0.200 e. The summed E-state index contributed by atoms with van der Waals surface area (Å²) in [4.78, 5) is 12.5. The first-order valence-electron chi connectivity index (χ1n) is 6.98. The predicted molar refractivity (Wildman–Crippen MR) is 81.2 cm³/mol. The van der Waals surface area contributed by atoms with Gasteiger partial charge in [-0.15, -0.1) is 0 Å². The number of phenolic OH excluding ortho intramolecular Hbond substituents is 2. The summed E-state index contributed by atoms with van der Waals surface area (Å²) in [6.45, 7) is -0.273. The van der Waals surface area contributed by atoms with E-state index >= 15 is 0 Å². The van der Waals surface area contributed by atoms with Gasteiger partial charge in [-0.2, -0.15) is 0 Å². The Hall–Kier alpha value is -2.37. The fourth-order valence-corrected chi connectivity index (χ4v) is 2.42. The van der Waals surface area contributed by atoms with Crippen molar-refractivity contribution in [2.75, 3.05) is 13.2 Å². The topological polar surface area (TPSA) is 98.0 Å². The van der Waals surface area contributed by atoms with Gasteiger partial charge in [-0.3, -0.25) is 4.79 Å². The zero-order valence-corrected chi connectivity index (χ0v) is 12.0. The summed E-state index contributed by atoms with van der Waals surface area (Å²) >= 11 is 0. The van der Waals surface area contributed by atoms with Crippen molar-refractivity contribution in [2.24, 2.45) is 0 Å². The van der Waals surface area contributed by atoms with Gasteiger partial charge in [0.2, 0.25) is 0 Å². The van der Waals surface area contributed by atoms with Gasteiger partial charge in [0, 0.05) is 18.8 Å². The van der Waals surface area contributed by atoms with Crippen LogP contribution < -0.4 is 0 Å². The van der Waals surface area contributed by atoms with Crippen molar-refractivity contribution in [3.05, 3.63) is 58.7 Å². The maximum atomic E-state index is 12.5. The Balaban J connectivity index is 2.50. The van der Waals surface area contributed by atoms with Crippen molar-refractivity contribution in [3.8, 4) is 11.5 Å². The lowest BCUT2D eigenvalue weighted by atomic mass is 9.93. The number of carbonyl (C=O) groups excluding carboxylic acids is 1. The highest BCUT2D eigenvalue weighted by Gasteiger charge is 2.20. The number of para-hydroxylation sites is 1. The molecule has 0 fully saturated rings. The summed E-state index contributed by atoms with van der Waals surface area (Å²) in [6.07, 6.45) is 0.511. The molecule has 0 aromatic heterocycles. The summed E-state index contributed by atoms with van der Waals surface area (Å²) in [5.74, 6) is -0.867. The van der Waals surface area contributed by atoms with Crippen LogP contribution in [0.25, 0.3) is 0 Å². The number of hydrogen-bond acceptors (Lipinski definition) is 5. The Kier molecular flexibility index (Phi) is 5.14. The smallest absolute Gasteiger partial charge is 0.200 e. The lowest BCUT2D eigenvalue weighted by Crippen LogP contribution is -2.07. The molecular formula is C17H18O5. The molecule has 22 heavy (non-hydrogen) atoms. The van der Waals surface area contributed by atoms with Gasteiger partial charge in [0.15, 0.2) is 5.78 Å². The number of hydrogen-bond donors (Lipinski definition) is 4. The number of benzene rings is 2. The van der Waals surface area contributed by atoms with Gasteiger partial charge in [0.25, 0.3) is 0 Å². The Morgan fingerprint density at radius 1 is 0.864 bits per heavy atom. The maximum absolute atomic E-state index is 12.5. The molecule has 0 heterocycles. The number of rotatable bonds is 6.